The molecule has 2 nitrogen and oxygen atoms in total. The van der Waals surface area contributed by atoms with E-state index in [1.807, 2.05) is 0 Å². The molecule has 0 amide bonds. The Bertz CT molecular complexity index is 324. The zero-order valence-electron chi connectivity index (χ0n) is 11.5. The Balaban J connectivity index is 2.75. The van der Waals surface area contributed by atoms with Crippen LogP contribution in [-0.2, 0) is 9.53 Å². The first-order valence-electron chi connectivity index (χ1n) is 6.43. The van der Waals surface area contributed by atoms with Crippen LogP contribution in [0.2, 0.25) is 0 Å². The van der Waals surface area contributed by atoms with Crippen LogP contribution in [0.5, 0.6) is 0 Å². The Morgan fingerprint density at radius 3 is 2.76 bits per heavy atom. The third-order valence-electron chi connectivity index (χ3n) is 3.17. The Morgan fingerprint density at radius 2 is 2.18 bits per heavy atom. The van der Waals surface area contributed by atoms with Gasteiger partial charge in [0.2, 0.25) is 0 Å². The number of ketones is 1. The van der Waals surface area contributed by atoms with Gasteiger partial charge in [-0.15, -0.1) is 0 Å². The molecule has 0 aliphatic heterocycles. The minimum atomic E-state index is 0.0151. The van der Waals surface area contributed by atoms with Gasteiger partial charge in [0.1, 0.15) is 5.78 Å². The van der Waals surface area contributed by atoms with Crippen LogP contribution < -0.4 is 0 Å². The van der Waals surface area contributed by atoms with Crippen LogP contribution >= 0.6 is 0 Å². The number of rotatable bonds is 6. The molecule has 1 rings (SSSR count). The van der Waals surface area contributed by atoms with Gasteiger partial charge in [-0.1, -0.05) is 37.1 Å². The van der Waals surface area contributed by atoms with Crippen molar-refractivity contribution >= 4 is 5.78 Å². The van der Waals surface area contributed by atoms with Crippen molar-refractivity contribution in [2.75, 3.05) is 13.7 Å². The molecule has 0 bridgehead atoms. The van der Waals surface area contributed by atoms with Gasteiger partial charge in [0.05, 0.1) is 5.92 Å². The normalized spacial score (nSPS) is 20.2. The van der Waals surface area contributed by atoms with Gasteiger partial charge in [0, 0.05) is 20.1 Å². The number of carbonyl (C=O) groups is 1. The zero-order valence-corrected chi connectivity index (χ0v) is 11.5. The van der Waals surface area contributed by atoms with Crippen molar-refractivity contribution in [1.29, 1.82) is 0 Å². The van der Waals surface area contributed by atoms with E-state index in [4.69, 9.17) is 4.74 Å². The molecule has 0 heterocycles. The van der Waals surface area contributed by atoms with Crippen molar-refractivity contribution < 1.29 is 9.53 Å². The summed E-state index contributed by atoms with van der Waals surface area (Å²) in [7, 11) is 1.71. The van der Waals surface area contributed by atoms with Crippen molar-refractivity contribution in [2.45, 2.75) is 40.0 Å². The Kier molecular flexibility index (Phi) is 5.63. The van der Waals surface area contributed by atoms with Crippen LogP contribution in [0.25, 0.3) is 0 Å². The molecule has 1 aliphatic rings. The van der Waals surface area contributed by atoms with E-state index in [0.717, 1.165) is 12.8 Å². The molecule has 1 atom stereocenters. The quantitative estimate of drug-likeness (QED) is 0.659. The molecule has 17 heavy (non-hydrogen) atoms. The lowest BCUT2D eigenvalue weighted by Crippen LogP contribution is -2.22. The molecule has 1 aliphatic carbocycles. The monoisotopic (exact) mass is 236 g/mol. The highest BCUT2D eigenvalue weighted by molar-refractivity contribution is 5.87. The van der Waals surface area contributed by atoms with Crippen molar-refractivity contribution in [1.82, 2.24) is 0 Å². The second-order valence-electron chi connectivity index (χ2n) is 5.20. The number of carbonyl (C=O) groups excluding carboxylic acids is 1. The summed E-state index contributed by atoms with van der Waals surface area (Å²) in [6.45, 7) is 6.96. The largest absolute Gasteiger partial charge is 0.384 e. The first-order chi connectivity index (χ1) is 8.06. The third kappa shape index (κ3) is 4.12. The van der Waals surface area contributed by atoms with E-state index in [0.29, 0.717) is 24.7 Å². The highest BCUT2D eigenvalue weighted by Gasteiger charge is 2.26. The molecule has 0 radical (unpaired) electrons. The molecule has 2 heteroatoms. The highest BCUT2D eigenvalue weighted by Crippen LogP contribution is 2.30. The van der Waals surface area contributed by atoms with Gasteiger partial charge in [-0.2, -0.15) is 0 Å². The fourth-order valence-corrected chi connectivity index (χ4v) is 2.37. The SMILES string of the molecule is COCCC1=CCC=C(C)C1C(=O)CC(C)C. The van der Waals surface area contributed by atoms with E-state index in [1.165, 1.54) is 11.1 Å². The molecular weight excluding hydrogens is 212 g/mol. The maximum Gasteiger partial charge on any atom is 0.144 e. The molecule has 0 N–H and O–H groups in total. The first-order valence-corrected chi connectivity index (χ1v) is 6.43. The molecular formula is C15H24O2. The summed E-state index contributed by atoms with van der Waals surface area (Å²) >= 11 is 0. The summed E-state index contributed by atoms with van der Waals surface area (Å²) < 4.78 is 5.12. The Hall–Kier alpha value is -0.890. The molecule has 1 unspecified atom stereocenters. The number of allylic oxidation sites excluding steroid dienone is 3. The smallest absolute Gasteiger partial charge is 0.144 e. The molecule has 0 aromatic carbocycles. The van der Waals surface area contributed by atoms with Gasteiger partial charge in [0.25, 0.3) is 0 Å². The van der Waals surface area contributed by atoms with E-state index in [9.17, 15) is 4.79 Å². The van der Waals surface area contributed by atoms with Gasteiger partial charge in [-0.3, -0.25) is 4.79 Å². The maximum absolute atomic E-state index is 12.3. The molecule has 0 saturated carbocycles. The molecule has 0 aromatic heterocycles. The zero-order chi connectivity index (χ0) is 12.8. The summed E-state index contributed by atoms with van der Waals surface area (Å²) in [5.41, 5.74) is 2.46. The lowest BCUT2D eigenvalue weighted by Gasteiger charge is -2.24. The molecule has 0 aromatic rings. The molecule has 96 valence electrons. The first kappa shape index (κ1) is 14.2. The van der Waals surface area contributed by atoms with E-state index in [-0.39, 0.29) is 5.92 Å². The lowest BCUT2D eigenvalue weighted by atomic mass is 9.80. The van der Waals surface area contributed by atoms with Crippen molar-refractivity contribution in [3.05, 3.63) is 23.3 Å². The molecule has 0 saturated heterocycles. The Morgan fingerprint density at radius 1 is 1.47 bits per heavy atom. The average molecular weight is 236 g/mol. The summed E-state index contributed by atoms with van der Waals surface area (Å²) in [6, 6.07) is 0. The molecule has 0 spiro atoms. The third-order valence-corrected chi connectivity index (χ3v) is 3.17. The lowest BCUT2D eigenvalue weighted by molar-refractivity contribution is -0.121. The summed E-state index contributed by atoms with van der Waals surface area (Å²) in [5.74, 6) is 0.804. The molecule has 0 fully saturated rings. The van der Waals surface area contributed by atoms with Gasteiger partial charge in [0.15, 0.2) is 0 Å². The van der Waals surface area contributed by atoms with Crippen LogP contribution in [0.3, 0.4) is 0 Å². The highest BCUT2D eigenvalue weighted by atomic mass is 16.5. The standard InChI is InChI=1S/C15H24O2/c1-11(2)10-14(16)15-12(3)6-5-7-13(15)8-9-17-4/h6-7,11,15H,5,8-10H2,1-4H3. The van der Waals surface area contributed by atoms with Gasteiger partial charge in [-0.25, -0.2) is 0 Å². The second kappa shape index (κ2) is 6.75. The summed E-state index contributed by atoms with van der Waals surface area (Å²) in [5, 5.41) is 0. The van der Waals surface area contributed by atoms with E-state index < -0.39 is 0 Å². The van der Waals surface area contributed by atoms with E-state index >= 15 is 0 Å². The minimum Gasteiger partial charge on any atom is -0.384 e. The van der Waals surface area contributed by atoms with E-state index in [1.54, 1.807) is 7.11 Å². The van der Waals surface area contributed by atoms with Gasteiger partial charge < -0.3 is 4.74 Å². The predicted molar refractivity (Wildman–Crippen MR) is 70.9 cm³/mol. The minimum absolute atomic E-state index is 0.0151. The van der Waals surface area contributed by atoms with Crippen LogP contribution in [0.1, 0.15) is 40.0 Å². The Labute approximate surface area is 105 Å². The van der Waals surface area contributed by atoms with E-state index in [2.05, 4.69) is 32.9 Å². The van der Waals surface area contributed by atoms with Crippen molar-refractivity contribution in [2.24, 2.45) is 11.8 Å². The van der Waals surface area contributed by atoms with Crippen molar-refractivity contribution in [3.63, 3.8) is 0 Å². The van der Waals surface area contributed by atoms with Gasteiger partial charge >= 0.3 is 0 Å². The number of methoxy groups -OCH3 is 1. The second-order valence-corrected chi connectivity index (χ2v) is 5.20. The van der Waals surface area contributed by atoms with Crippen LogP contribution in [0.4, 0.5) is 0 Å². The fraction of sp³-hybridized carbons (Fsp3) is 0.667. The topological polar surface area (TPSA) is 26.3 Å². The van der Waals surface area contributed by atoms with Crippen molar-refractivity contribution in [3.8, 4) is 0 Å². The fourth-order valence-electron chi connectivity index (χ4n) is 2.37. The summed E-state index contributed by atoms with van der Waals surface area (Å²) in [6.07, 6.45) is 6.85. The number of ether oxygens (including phenoxy) is 1. The summed E-state index contributed by atoms with van der Waals surface area (Å²) in [4.78, 5) is 12.3. The number of hydrogen-bond donors (Lipinski definition) is 0. The van der Waals surface area contributed by atoms with Gasteiger partial charge in [-0.05, 0) is 25.7 Å². The van der Waals surface area contributed by atoms with Crippen LogP contribution in [0, 0.1) is 11.8 Å². The number of Topliss-reactive ketones (excluding diaryl/α,β-unsaturated/α-hetero) is 1. The van der Waals surface area contributed by atoms with Crippen LogP contribution in [-0.4, -0.2) is 19.5 Å². The number of hydrogen-bond acceptors (Lipinski definition) is 2. The van der Waals surface area contributed by atoms with Crippen LogP contribution in [0.15, 0.2) is 23.3 Å². The maximum atomic E-state index is 12.3. The average Bonchev–Trinajstić information content (AvgIpc) is 2.25. The predicted octanol–water partition coefficient (Wildman–Crippen LogP) is 3.53.